The van der Waals surface area contributed by atoms with Crippen molar-refractivity contribution >= 4 is 11.9 Å². The van der Waals surface area contributed by atoms with Crippen molar-refractivity contribution < 1.29 is 23.8 Å². The molecule has 3 rings (SSSR count). The van der Waals surface area contributed by atoms with E-state index in [0.29, 0.717) is 23.7 Å². The normalized spacial score (nSPS) is 12.4. The van der Waals surface area contributed by atoms with Gasteiger partial charge in [0.2, 0.25) is 0 Å². The third-order valence-electron chi connectivity index (χ3n) is 3.91. The largest absolute Gasteiger partial charge is 0.494 e. The molecule has 130 valence electrons. The fraction of sp³-hybridized carbons (Fsp3) is 0.300. The summed E-state index contributed by atoms with van der Waals surface area (Å²) in [6.07, 6.45) is 3.56. The van der Waals surface area contributed by atoms with Crippen LogP contribution in [0.25, 0.3) is 0 Å². The summed E-state index contributed by atoms with van der Waals surface area (Å²) in [5.74, 6) is 0.761. The molecule has 0 N–H and O–H groups in total. The van der Waals surface area contributed by atoms with Gasteiger partial charge in [0, 0.05) is 11.6 Å². The van der Waals surface area contributed by atoms with Crippen LogP contribution < -0.4 is 14.2 Å². The van der Waals surface area contributed by atoms with Crippen molar-refractivity contribution in [1.29, 1.82) is 0 Å². The van der Waals surface area contributed by atoms with E-state index >= 15 is 0 Å². The van der Waals surface area contributed by atoms with Crippen LogP contribution >= 0.6 is 0 Å². The first kappa shape index (κ1) is 17.0. The molecule has 0 amide bonds. The Morgan fingerprint density at radius 1 is 1.08 bits per heavy atom. The molecule has 0 fully saturated rings. The molecule has 0 spiro atoms. The number of unbranched alkanes of at least 4 members (excludes halogenated alkanes) is 2. The second-order valence-corrected chi connectivity index (χ2v) is 5.89. The zero-order valence-electron chi connectivity index (χ0n) is 14.1. The average Bonchev–Trinajstić information content (AvgIpc) is 2.98. The molecule has 1 aliphatic heterocycles. The molecule has 25 heavy (non-hydrogen) atoms. The fourth-order valence-corrected chi connectivity index (χ4v) is 2.55. The minimum absolute atomic E-state index is 0.253. The van der Waals surface area contributed by atoms with Crippen molar-refractivity contribution in [3.8, 4) is 17.2 Å². The van der Waals surface area contributed by atoms with Gasteiger partial charge in [0.1, 0.15) is 17.2 Å². The second-order valence-electron chi connectivity index (χ2n) is 5.89. The SMILES string of the molecule is CCCCCOc1ccc(C(=O)Oc2ccc3c(c2)OC(=O)C3)cc1. The molecule has 0 unspecified atom stereocenters. The number of hydrogen-bond acceptors (Lipinski definition) is 5. The van der Waals surface area contributed by atoms with E-state index in [9.17, 15) is 9.59 Å². The zero-order valence-corrected chi connectivity index (χ0v) is 14.1. The predicted molar refractivity (Wildman–Crippen MR) is 92.2 cm³/mol. The maximum Gasteiger partial charge on any atom is 0.343 e. The van der Waals surface area contributed by atoms with Gasteiger partial charge >= 0.3 is 11.9 Å². The average molecular weight is 340 g/mol. The van der Waals surface area contributed by atoms with Crippen LogP contribution in [-0.4, -0.2) is 18.5 Å². The second kappa shape index (κ2) is 7.83. The van der Waals surface area contributed by atoms with Gasteiger partial charge in [0.15, 0.2) is 0 Å². The van der Waals surface area contributed by atoms with E-state index in [4.69, 9.17) is 14.2 Å². The van der Waals surface area contributed by atoms with Crippen molar-refractivity contribution in [3.05, 3.63) is 53.6 Å². The molecule has 5 heteroatoms. The molecule has 1 heterocycles. The predicted octanol–water partition coefficient (Wildman–Crippen LogP) is 3.94. The number of benzene rings is 2. The van der Waals surface area contributed by atoms with Gasteiger partial charge in [0.05, 0.1) is 18.6 Å². The maximum atomic E-state index is 12.2. The van der Waals surface area contributed by atoms with Gasteiger partial charge in [-0.2, -0.15) is 0 Å². The van der Waals surface area contributed by atoms with E-state index in [1.54, 1.807) is 42.5 Å². The summed E-state index contributed by atoms with van der Waals surface area (Å²) in [5, 5.41) is 0. The number of esters is 2. The summed E-state index contributed by atoms with van der Waals surface area (Å²) >= 11 is 0. The van der Waals surface area contributed by atoms with Crippen molar-refractivity contribution in [1.82, 2.24) is 0 Å². The molecule has 0 saturated carbocycles. The molecule has 2 aromatic rings. The Hall–Kier alpha value is -2.82. The van der Waals surface area contributed by atoms with Gasteiger partial charge in [-0.15, -0.1) is 0 Å². The van der Waals surface area contributed by atoms with E-state index in [0.717, 1.165) is 30.6 Å². The van der Waals surface area contributed by atoms with Crippen LogP contribution in [0.4, 0.5) is 0 Å². The zero-order chi connectivity index (χ0) is 17.6. The molecule has 0 atom stereocenters. The van der Waals surface area contributed by atoms with E-state index < -0.39 is 5.97 Å². The van der Waals surface area contributed by atoms with Crippen LogP contribution in [0.15, 0.2) is 42.5 Å². The third kappa shape index (κ3) is 4.38. The highest BCUT2D eigenvalue weighted by Gasteiger charge is 2.21. The van der Waals surface area contributed by atoms with Gasteiger partial charge in [-0.05, 0) is 36.8 Å². The number of ether oxygens (including phenoxy) is 3. The Morgan fingerprint density at radius 3 is 2.60 bits per heavy atom. The molecular formula is C20H20O5. The Balaban J connectivity index is 1.58. The van der Waals surface area contributed by atoms with Crippen LogP contribution in [0, 0.1) is 0 Å². The molecule has 0 aromatic heterocycles. The standard InChI is InChI=1S/C20H20O5/c1-2-3-4-11-23-16-8-5-14(6-9-16)20(22)24-17-10-7-15-12-19(21)25-18(15)13-17/h5-10,13H,2-4,11-12H2,1H3. The van der Waals surface area contributed by atoms with E-state index in [1.165, 1.54) is 0 Å². The molecule has 0 radical (unpaired) electrons. The van der Waals surface area contributed by atoms with Gasteiger partial charge in [-0.3, -0.25) is 4.79 Å². The summed E-state index contributed by atoms with van der Waals surface area (Å²) in [7, 11) is 0. The first-order valence-electron chi connectivity index (χ1n) is 8.44. The summed E-state index contributed by atoms with van der Waals surface area (Å²) in [6.45, 7) is 2.82. The number of carbonyl (C=O) groups is 2. The monoisotopic (exact) mass is 340 g/mol. The summed E-state index contributed by atoms with van der Waals surface area (Å²) in [6, 6.07) is 11.8. The van der Waals surface area contributed by atoms with Crippen molar-refractivity contribution in [2.45, 2.75) is 32.6 Å². The maximum absolute atomic E-state index is 12.2. The highest BCUT2D eigenvalue weighted by molar-refractivity contribution is 5.91. The lowest BCUT2D eigenvalue weighted by atomic mass is 10.1. The lowest BCUT2D eigenvalue weighted by Gasteiger charge is -2.08. The number of rotatable bonds is 7. The van der Waals surface area contributed by atoms with Crippen molar-refractivity contribution in [2.75, 3.05) is 6.61 Å². The van der Waals surface area contributed by atoms with Crippen LogP contribution in [0.2, 0.25) is 0 Å². The van der Waals surface area contributed by atoms with E-state index in [2.05, 4.69) is 6.92 Å². The Kier molecular flexibility index (Phi) is 5.33. The molecular weight excluding hydrogens is 320 g/mol. The first-order chi connectivity index (χ1) is 12.2. The Labute approximate surface area is 146 Å². The molecule has 2 aromatic carbocycles. The van der Waals surface area contributed by atoms with Crippen molar-refractivity contribution in [3.63, 3.8) is 0 Å². The highest BCUT2D eigenvalue weighted by atomic mass is 16.5. The van der Waals surface area contributed by atoms with Gasteiger partial charge in [-0.1, -0.05) is 25.8 Å². The van der Waals surface area contributed by atoms with Gasteiger partial charge in [0.25, 0.3) is 0 Å². The van der Waals surface area contributed by atoms with Crippen LogP contribution in [0.5, 0.6) is 17.2 Å². The number of carbonyl (C=O) groups excluding carboxylic acids is 2. The Bertz CT molecular complexity index is 764. The summed E-state index contributed by atoms with van der Waals surface area (Å²) < 4.78 is 16.0. The minimum atomic E-state index is -0.471. The van der Waals surface area contributed by atoms with E-state index in [1.807, 2.05) is 0 Å². The molecule has 0 bridgehead atoms. The van der Waals surface area contributed by atoms with Crippen LogP contribution in [0.3, 0.4) is 0 Å². The molecule has 5 nitrogen and oxygen atoms in total. The van der Waals surface area contributed by atoms with Crippen LogP contribution in [-0.2, 0) is 11.2 Å². The molecule has 0 aliphatic carbocycles. The quantitative estimate of drug-likeness (QED) is 0.434. The third-order valence-corrected chi connectivity index (χ3v) is 3.91. The number of fused-ring (bicyclic) bond motifs is 1. The van der Waals surface area contributed by atoms with Crippen LogP contribution in [0.1, 0.15) is 42.1 Å². The summed E-state index contributed by atoms with van der Waals surface area (Å²) in [5.41, 5.74) is 1.23. The molecule has 0 saturated heterocycles. The smallest absolute Gasteiger partial charge is 0.343 e. The first-order valence-corrected chi connectivity index (χ1v) is 8.44. The van der Waals surface area contributed by atoms with Gasteiger partial charge in [-0.25, -0.2) is 4.79 Å². The van der Waals surface area contributed by atoms with Crippen molar-refractivity contribution in [2.24, 2.45) is 0 Å². The Morgan fingerprint density at radius 2 is 1.84 bits per heavy atom. The van der Waals surface area contributed by atoms with E-state index in [-0.39, 0.29) is 12.4 Å². The topological polar surface area (TPSA) is 61.8 Å². The molecule has 1 aliphatic rings. The lowest BCUT2D eigenvalue weighted by molar-refractivity contribution is -0.131. The minimum Gasteiger partial charge on any atom is -0.494 e. The number of hydrogen-bond donors (Lipinski definition) is 0. The lowest BCUT2D eigenvalue weighted by Crippen LogP contribution is -2.08. The fourth-order valence-electron chi connectivity index (χ4n) is 2.55. The summed E-state index contributed by atoms with van der Waals surface area (Å²) in [4.78, 5) is 23.5. The van der Waals surface area contributed by atoms with Gasteiger partial charge < -0.3 is 14.2 Å². The highest BCUT2D eigenvalue weighted by Crippen LogP contribution is 2.30.